The van der Waals surface area contributed by atoms with Gasteiger partial charge < -0.3 is 15.3 Å². The summed E-state index contributed by atoms with van der Waals surface area (Å²) in [5.74, 6) is -0.749. The molecule has 4 nitrogen and oxygen atoms in total. The van der Waals surface area contributed by atoms with Crippen LogP contribution in [-0.2, 0) is 5.60 Å². The van der Waals surface area contributed by atoms with Crippen LogP contribution in [0.25, 0.3) is 0 Å². The van der Waals surface area contributed by atoms with E-state index in [1.165, 1.54) is 13.0 Å². The van der Waals surface area contributed by atoms with E-state index in [0.29, 0.717) is 12.5 Å². The first-order valence-electron chi connectivity index (χ1n) is 6.07. The predicted octanol–water partition coefficient (Wildman–Crippen LogP) is 1.68. The van der Waals surface area contributed by atoms with Crippen molar-refractivity contribution in [3.8, 4) is 0 Å². The molecule has 0 fully saturated rings. The van der Waals surface area contributed by atoms with Crippen LogP contribution in [-0.4, -0.2) is 42.6 Å². The SMILES string of the molecule is CN1CCN=C1NCC(C)(O)c1ccc(F)cc1F.I. The number of nitrogens with one attached hydrogen (secondary N) is 1. The fourth-order valence-corrected chi connectivity index (χ4v) is 2.00. The Hall–Kier alpha value is -0.960. The number of guanidine groups is 1. The Morgan fingerprint density at radius 2 is 2.15 bits per heavy atom. The van der Waals surface area contributed by atoms with Gasteiger partial charge in [0.1, 0.15) is 17.2 Å². The molecule has 112 valence electrons. The Labute approximate surface area is 133 Å². The van der Waals surface area contributed by atoms with Gasteiger partial charge in [0, 0.05) is 25.2 Å². The maximum absolute atomic E-state index is 13.7. The normalized spacial score (nSPS) is 17.2. The van der Waals surface area contributed by atoms with Crippen molar-refractivity contribution in [3.63, 3.8) is 0 Å². The lowest BCUT2D eigenvalue weighted by atomic mass is 9.95. The lowest BCUT2D eigenvalue weighted by Gasteiger charge is -2.26. The van der Waals surface area contributed by atoms with Gasteiger partial charge in [0.15, 0.2) is 5.96 Å². The molecule has 1 aliphatic rings. The van der Waals surface area contributed by atoms with Crippen LogP contribution in [0.5, 0.6) is 0 Å². The number of rotatable bonds is 3. The molecule has 0 amide bonds. The first kappa shape index (κ1) is 17.1. The molecule has 0 aliphatic carbocycles. The highest BCUT2D eigenvalue weighted by Crippen LogP contribution is 2.23. The molecule has 7 heteroatoms. The molecular weight excluding hydrogens is 379 g/mol. The van der Waals surface area contributed by atoms with Crippen LogP contribution < -0.4 is 5.32 Å². The minimum Gasteiger partial charge on any atom is -0.383 e. The first-order chi connectivity index (χ1) is 8.90. The highest BCUT2D eigenvalue weighted by atomic mass is 127. The summed E-state index contributed by atoms with van der Waals surface area (Å²) in [5, 5.41) is 13.3. The highest BCUT2D eigenvalue weighted by Gasteiger charge is 2.28. The van der Waals surface area contributed by atoms with E-state index in [-0.39, 0.29) is 36.1 Å². The van der Waals surface area contributed by atoms with Crippen molar-refractivity contribution in [3.05, 3.63) is 35.4 Å². The molecule has 0 saturated carbocycles. The molecule has 2 N–H and O–H groups in total. The number of hydrogen-bond acceptors (Lipinski definition) is 4. The lowest BCUT2D eigenvalue weighted by molar-refractivity contribution is 0.0574. The Morgan fingerprint density at radius 1 is 1.45 bits per heavy atom. The summed E-state index contributed by atoms with van der Waals surface area (Å²) >= 11 is 0. The van der Waals surface area contributed by atoms with Gasteiger partial charge in [-0.05, 0) is 13.0 Å². The molecule has 1 aromatic rings. The van der Waals surface area contributed by atoms with E-state index in [1.54, 1.807) is 0 Å². The number of aliphatic imine (C=N–C) groups is 1. The summed E-state index contributed by atoms with van der Waals surface area (Å²) in [7, 11) is 1.88. The van der Waals surface area contributed by atoms with Crippen molar-refractivity contribution in [2.24, 2.45) is 4.99 Å². The summed E-state index contributed by atoms with van der Waals surface area (Å²) in [4.78, 5) is 6.13. The standard InChI is InChI=1S/C13H17F2N3O.HI/c1-13(19,8-17-12-16-5-6-18(12)2)10-4-3-9(14)7-11(10)15;/h3-4,7,19H,5-6,8H2,1-2H3,(H,16,17);1H. The molecule has 0 saturated heterocycles. The van der Waals surface area contributed by atoms with Crippen molar-refractivity contribution in [1.29, 1.82) is 0 Å². The highest BCUT2D eigenvalue weighted by molar-refractivity contribution is 14.0. The van der Waals surface area contributed by atoms with Crippen LogP contribution in [0.3, 0.4) is 0 Å². The molecular formula is C13H18F2IN3O. The summed E-state index contributed by atoms with van der Waals surface area (Å²) < 4.78 is 26.5. The maximum Gasteiger partial charge on any atom is 0.193 e. The van der Waals surface area contributed by atoms with Gasteiger partial charge in [-0.3, -0.25) is 4.99 Å². The van der Waals surface area contributed by atoms with Crippen LogP contribution in [0.1, 0.15) is 12.5 Å². The minimum atomic E-state index is -1.44. The van der Waals surface area contributed by atoms with Gasteiger partial charge in [-0.1, -0.05) is 6.07 Å². The second kappa shape index (κ2) is 6.66. The number of benzene rings is 1. The van der Waals surface area contributed by atoms with Crippen LogP contribution in [0.4, 0.5) is 8.78 Å². The fraction of sp³-hybridized carbons (Fsp3) is 0.462. The van der Waals surface area contributed by atoms with Crippen molar-refractivity contribution < 1.29 is 13.9 Å². The summed E-state index contributed by atoms with van der Waals surface area (Å²) in [6, 6.07) is 3.15. The van der Waals surface area contributed by atoms with Crippen molar-refractivity contribution in [2.75, 3.05) is 26.7 Å². The maximum atomic E-state index is 13.7. The van der Waals surface area contributed by atoms with Gasteiger partial charge in [0.25, 0.3) is 0 Å². The smallest absolute Gasteiger partial charge is 0.193 e. The largest absolute Gasteiger partial charge is 0.383 e. The van der Waals surface area contributed by atoms with Gasteiger partial charge >= 0.3 is 0 Å². The van der Waals surface area contributed by atoms with E-state index >= 15 is 0 Å². The van der Waals surface area contributed by atoms with Crippen molar-refractivity contribution >= 4 is 29.9 Å². The molecule has 1 aromatic carbocycles. The summed E-state index contributed by atoms with van der Waals surface area (Å²) in [5.41, 5.74) is -1.38. The third kappa shape index (κ3) is 3.78. The molecule has 0 bridgehead atoms. The summed E-state index contributed by atoms with van der Waals surface area (Å²) in [6.45, 7) is 3.09. The third-order valence-corrected chi connectivity index (χ3v) is 3.16. The van der Waals surface area contributed by atoms with Crippen LogP contribution in [0, 0.1) is 11.6 Å². The van der Waals surface area contributed by atoms with Crippen LogP contribution >= 0.6 is 24.0 Å². The van der Waals surface area contributed by atoms with Gasteiger partial charge in [-0.15, -0.1) is 24.0 Å². The van der Waals surface area contributed by atoms with Crippen molar-refractivity contribution in [2.45, 2.75) is 12.5 Å². The molecule has 0 spiro atoms. The Bertz CT molecular complexity index is 508. The van der Waals surface area contributed by atoms with Crippen molar-refractivity contribution in [1.82, 2.24) is 10.2 Å². The van der Waals surface area contributed by atoms with E-state index in [2.05, 4.69) is 10.3 Å². The van der Waals surface area contributed by atoms with Gasteiger partial charge in [-0.2, -0.15) is 0 Å². The number of nitrogens with zero attached hydrogens (tertiary/aromatic N) is 2. The second-order valence-corrected chi connectivity index (χ2v) is 4.88. The number of halogens is 3. The Kier molecular flexibility index (Phi) is 5.69. The zero-order chi connectivity index (χ0) is 14.0. The second-order valence-electron chi connectivity index (χ2n) is 4.88. The van der Waals surface area contributed by atoms with Gasteiger partial charge in [0.2, 0.25) is 0 Å². The molecule has 2 rings (SSSR count). The molecule has 1 unspecified atom stereocenters. The first-order valence-corrected chi connectivity index (χ1v) is 6.07. The predicted molar refractivity (Wildman–Crippen MR) is 84.3 cm³/mol. The minimum absolute atomic E-state index is 0. The van der Waals surface area contributed by atoms with E-state index in [0.717, 1.165) is 18.7 Å². The van der Waals surface area contributed by atoms with E-state index in [4.69, 9.17) is 0 Å². The number of hydrogen-bond donors (Lipinski definition) is 2. The molecule has 20 heavy (non-hydrogen) atoms. The topological polar surface area (TPSA) is 47.9 Å². The molecule has 0 radical (unpaired) electrons. The molecule has 1 atom stereocenters. The van der Waals surface area contributed by atoms with E-state index < -0.39 is 17.2 Å². The zero-order valence-electron chi connectivity index (χ0n) is 11.4. The van der Waals surface area contributed by atoms with Crippen LogP contribution in [0.2, 0.25) is 0 Å². The molecule has 1 aliphatic heterocycles. The van der Waals surface area contributed by atoms with Gasteiger partial charge in [-0.25, -0.2) is 8.78 Å². The van der Waals surface area contributed by atoms with E-state index in [9.17, 15) is 13.9 Å². The third-order valence-electron chi connectivity index (χ3n) is 3.16. The number of aliphatic hydroxyl groups is 1. The fourth-order valence-electron chi connectivity index (χ4n) is 2.00. The van der Waals surface area contributed by atoms with Crippen LogP contribution in [0.15, 0.2) is 23.2 Å². The summed E-state index contributed by atoms with van der Waals surface area (Å²) in [6.07, 6.45) is 0. The quantitative estimate of drug-likeness (QED) is 0.764. The Morgan fingerprint density at radius 3 is 2.70 bits per heavy atom. The van der Waals surface area contributed by atoms with Gasteiger partial charge in [0.05, 0.1) is 13.1 Å². The average Bonchev–Trinajstić information content (AvgIpc) is 2.72. The lowest BCUT2D eigenvalue weighted by Crippen LogP contribution is -2.43. The molecule has 1 heterocycles. The average molecular weight is 397 g/mol. The Balaban J connectivity index is 0.00000200. The molecule has 0 aromatic heterocycles. The zero-order valence-corrected chi connectivity index (χ0v) is 13.7. The van der Waals surface area contributed by atoms with E-state index in [1.807, 2.05) is 11.9 Å². The number of likely N-dealkylation sites (N-methyl/N-ethyl adjacent to an activating group) is 1. The monoisotopic (exact) mass is 397 g/mol.